The van der Waals surface area contributed by atoms with E-state index in [4.69, 9.17) is 9.47 Å². The summed E-state index contributed by atoms with van der Waals surface area (Å²) < 4.78 is 10.9. The fourth-order valence-corrected chi connectivity index (χ4v) is 4.48. The summed E-state index contributed by atoms with van der Waals surface area (Å²) in [6.45, 7) is 4.59. The van der Waals surface area contributed by atoms with Crippen LogP contribution in [0.1, 0.15) is 57.1 Å². The lowest BCUT2D eigenvalue weighted by Crippen LogP contribution is -2.47. The first-order chi connectivity index (χ1) is 12.7. The Bertz CT molecular complexity index is 619. The highest BCUT2D eigenvalue weighted by Crippen LogP contribution is 2.38. The topological polar surface area (TPSA) is 42.0 Å². The number of nitrogens with zero attached hydrogens (tertiary/aromatic N) is 2. The van der Waals surface area contributed by atoms with Gasteiger partial charge in [-0.3, -0.25) is 9.69 Å². The molecule has 0 bridgehead atoms. The van der Waals surface area contributed by atoms with Gasteiger partial charge in [0.2, 0.25) is 5.91 Å². The van der Waals surface area contributed by atoms with E-state index >= 15 is 0 Å². The lowest BCUT2D eigenvalue weighted by Gasteiger charge is -2.37. The van der Waals surface area contributed by atoms with Crippen LogP contribution < -0.4 is 9.47 Å². The van der Waals surface area contributed by atoms with Crippen LogP contribution in [0.15, 0.2) is 18.2 Å². The van der Waals surface area contributed by atoms with Crippen molar-refractivity contribution >= 4 is 5.91 Å². The van der Waals surface area contributed by atoms with Gasteiger partial charge in [0.25, 0.3) is 0 Å². The molecule has 1 amide bonds. The van der Waals surface area contributed by atoms with Crippen LogP contribution in [0, 0.1) is 0 Å². The van der Waals surface area contributed by atoms with Crippen LogP contribution in [-0.4, -0.2) is 55.6 Å². The van der Waals surface area contributed by atoms with E-state index < -0.39 is 0 Å². The molecule has 144 valence electrons. The Morgan fingerprint density at radius 1 is 1.12 bits per heavy atom. The summed E-state index contributed by atoms with van der Waals surface area (Å²) in [6.07, 6.45) is 6.77. The summed E-state index contributed by atoms with van der Waals surface area (Å²) >= 11 is 0. The molecule has 2 heterocycles. The second kappa shape index (κ2) is 8.76. The molecule has 0 unspecified atom stereocenters. The lowest BCUT2D eigenvalue weighted by atomic mass is 9.99. The van der Waals surface area contributed by atoms with E-state index in [0.717, 1.165) is 62.3 Å². The Morgan fingerprint density at radius 3 is 2.69 bits per heavy atom. The lowest BCUT2D eigenvalue weighted by molar-refractivity contribution is -0.136. The number of piperidine rings is 1. The third-order valence-corrected chi connectivity index (χ3v) is 5.92. The van der Waals surface area contributed by atoms with E-state index in [9.17, 15) is 4.79 Å². The molecular formula is C21H32N2O3. The van der Waals surface area contributed by atoms with Crippen molar-refractivity contribution in [3.8, 4) is 11.5 Å². The molecule has 1 aromatic rings. The molecule has 2 aliphatic heterocycles. The quantitative estimate of drug-likeness (QED) is 0.777. The SMILES string of the molecule is CC[C@H]1CCCCN1C(=O)CN1CCC[C@@H]1c1ccc(OC)cc1OC. The zero-order valence-corrected chi connectivity index (χ0v) is 16.4. The van der Waals surface area contributed by atoms with Crippen LogP contribution in [0.4, 0.5) is 0 Å². The van der Waals surface area contributed by atoms with Crippen molar-refractivity contribution < 1.29 is 14.3 Å². The highest BCUT2D eigenvalue weighted by molar-refractivity contribution is 5.78. The van der Waals surface area contributed by atoms with Crippen LogP contribution >= 0.6 is 0 Å². The van der Waals surface area contributed by atoms with E-state index in [2.05, 4.69) is 22.8 Å². The van der Waals surface area contributed by atoms with Gasteiger partial charge in [-0.2, -0.15) is 0 Å². The Labute approximate surface area is 157 Å². The molecule has 0 saturated carbocycles. The summed E-state index contributed by atoms with van der Waals surface area (Å²) in [7, 11) is 3.36. The van der Waals surface area contributed by atoms with Crippen molar-refractivity contribution in [2.24, 2.45) is 0 Å². The van der Waals surface area contributed by atoms with Crippen molar-refractivity contribution in [3.05, 3.63) is 23.8 Å². The predicted molar refractivity (Wildman–Crippen MR) is 103 cm³/mol. The predicted octanol–water partition coefficient (Wildman–Crippen LogP) is 3.63. The first kappa shape index (κ1) is 19.0. The number of hydrogen-bond acceptors (Lipinski definition) is 4. The summed E-state index contributed by atoms with van der Waals surface area (Å²) in [5, 5.41) is 0. The third kappa shape index (κ3) is 3.98. The first-order valence-electron chi connectivity index (χ1n) is 9.93. The maximum Gasteiger partial charge on any atom is 0.237 e. The Kier molecular flexibility index (Phi) is 6.41. The second-order valence-electron chi connectivity index (χ2n) is 7.38. The molecule has 5 heteroatoms. The number of hydrogen-bond donors (Lipinski definition) is 0. The van der Waals surface area contributed by atoms with E-state index in [1.165, 1.54) is 6.42 Å². The minimum atomic E-state index is 0.240. The minimum absolute atomic E-state index is 0.240. The van der Waals surface area contributed by atoms with Gasteiger partial charge in [-0.1, -0.05) is 13.0 Å². The molecule has 0 aromatic heterocycles. The largest absolute Gasteiger partial charge is 0.497 e. The summed E-state index contributed by atoms with van der Waals surface area (Å²) in [5.74, 6) is 1.93. The van der Waals surface area contributed by atoms with Crippen molar-refractivity contribution in [3.63, 3.8) is 0 Å². The normalized spacial score (nSPS) is 23.9. The van der Waals surface area contributed by atoms with Crippen LogP contribution in [0.2, 0.25) is 0 Å². The van der Waals surface area contributed by atoms with Gasteiger partial charge >= 0.3 is 0 Å². The Morgan fingerprint density at radius 2 is 1.96 bits per heavy atom. The van der Waals surface area contributed by atoms with E-state index in [0.29, 0.717) is 12.6 Å². The molecule has 5 nitrogen and oxygen atoms in total. The fraction of sp³-hybridized carbons (Fsp3) is 0.667. The van der Waals surface area contributed by atoms with Gasteiger partial charge < -0.3 is 14.4 Å². The highest BCUT2D eigenvalue weighted by atomic mass is 16.5. The number of rotatable bonds is 6. The number of ether oxygens (including phenoxy) is 2. The molecule has 2 saturated heterocycles. The number of amides is 1. The smallest absolute Gasteiger partial charge is 0.237 e. The number of likely N-dealkylation sites (tertiary alicyclic amines) is 2. The molecule has 2 aliphatic rings. The van der Waals surface area contributed by atoms with Gasteiger partial charge in [0.05, 0.1) is 20.8 Å². The highest BCUT2D eigenvalue weighted by Gasteiger charge is 2.33. The number of benzene rings is 1. The molecule has 0 aliphatic carbocycles. The standard InChI is InChI=1S/C21H32N2O3/c1-4-16-8-5-6-13-23(16)21(24)15-22-12-7-9-19(22)18-11-10-17(25-2)14-20(18)26-3/h10-11,14,16,19H,4-9,12-13,15H2,1-3H3/t16-,19+/m0/s1. The number of carbonyl (C=O) groups is 1. The van der Waals surface area contributed by atoms with E-state index in [-0.39, 0.29) is 11.9 Å². The van der Waals surface area contributed by atoms with Gasteiger partial charge in [-0.05, 0) is 51.1 Å². The Balaban J connectivity index is 1.73. The van der Waals surface area contributed by atoms with Gasteiger partial charge in [0, 0.05) is 30.3 Å². The molecule has 0 spiro atoms. The zero-order valence-electron chi connectivity index (χ0n) is 16.4. The summed E-state index contributed by atoms with van der Waals surface area (Å²) in [5.41, 5.74) is 1.16. The van der Waals surface area contributed by atoms with Crippen molar-refractivity contribution in [2.45, 2.75) is 57.5 Å². The van der Waals surface area contributed by atoms with Crippen LogP contribution in [0.5, 0.6) is 11.5 Å². The zero-order chi connectivity index (χ0) is 18.5. The van der Waals surface area contributed by atoms with Gasteiger partial charge in [0.15, 0.2) is 0 Å². The molecular weight excluding hydrogens is 328 g/mol. The summed E-state index contributed by atoms with van der Waals surface area (Å²) in [6, 6.07) is 6.66. The van der Waals surface area contributed by atoms with Crippen LogP contribution in [0.25, 0.3) is 0 Å². The maximum atomic E-state index is 13.0. The average molecular weight is 360 g/mol. The van der Waals surface area contributed by atoms with Gasteiger partial charge in [-0.15, -0.1) is 0 Å². The van der Waals surface area contributed by atoms with Gasteiger partial charge in [-0.25, -0.2) is 0 Å². The molecule has 0 radical (unpaired) electrons. The van der Waals surface area contributed by atoms with Crippen molar-refractivity contribution in [1.82, 2.24) is 9.80 Å². The number of methoxy groups -OCH3 is 2. The third-order valence-electron chi connectivity index (χ3n) is 5.92. The minimum Gasteiger partial charge on any atom is -0.497 e. The molecule has 26 heavy (non-hydrogen) atoms. The van der Waals surface area contributed by atoms with Crippen LogP contribution in [0.3, 0.4) is 0 Å². The van der Waals surface area contributed by atoms with E-state index in [1.54, 1.807) is 14.2 Å². The monoisotopic (exact) mass is 360 g/mol. The summed E-state index contributed by atoms with van der Waals surface area (Å²) in [4.78, 5) is 17.4. The molecule has 0 N–H and O–H groups in total. The van der Waals surface area contributed by atoms with E-state index in [1.807, 2.05) is 12.1 Å². The van der Waals surface area contributed by atoms with Crippen molar-refractivity contribution in [2.75, 3.05) is 33.9 Å². The molecule has 2 atom stereocenters. The van der Waals surface area contributed by atoms with Crippen molar-refractivity contribution in [1.29, 1.82) is 0 Å². The molecule has 1 aromatic carbocycles. The maximum absolute atomic E-state index is 13.0. The second-order valence-corrected chi connectivity index (χ2v) is 7.38. The first-order valence-corrected chi connectivity index (χ1v) is 9.93. The number of carbonyl (C=O) groups excluding carboxylic acids is 1. The fourth-order valence-electron chi connectivity index (χ4n) is 4.48. The average Bonchev–Trinajstić information content (AvgIpc) is 3.15. The van der Waals surface area contributed by atoms with Crippen LogP contribution in [-0.2, 0) is 4.79 Å². The molecule has 3 rings (SSSR count). The van der Waals surface area contributed by atoms with Gasteiger partial charge in [0.1, 0.15) is 11.5 Å². The molecule has 2 fully saturated rings. The Hall–Kier alpha value is -1.75.